The van der Waals surface area contributed by atoms with Crippen molar-refractivity contribution < 1.29 is 18.5 Å². The molecule has 0 unspecified atom stereocenters. The number of nitrogens with zero attached hydrogens (tertiary/aromatic N) is 1. The van der Waals surface area contributed by atoms with Crippen molar-refractivity contribution in [3.05, 3.63) is 83.7 Å². The summed E-state index contributed by atoms with van der Waals surface area (Å²) < 4.78 is 11.0. The smallest absolute Gasteiger partial charge is 0.359 e. The third-order valence-corrected chi connectivity index (χ3v) is 4.94. The van der Waals surface area contributed by atoms with Gasteiger partial charge in [-0.3, -0.25) is 9.69 Å². The molecule has 1 fully saturated rings. The van der Waals surface area contributed by atoms with Gasteiger partial charge in [-0.05, 0) is 11.1 Å². The lowest BCUT2D eigenvalue weighted by Crippen LogP contribution is -2.53. The highest BCUT2D eigenvalue weighted by atomic mass is 32.2. The molecule has 6 heteroatoms. The first kappa shape index (κ1) is 15.8. The van der Waals surface area contributed by atoms with E-state index in [1.54, 1.807) is 0 Å². The van der Waals surface area contributed by atoms with Crippen molar-refractivity contribution >= 4 is 23.9 Å². The van der Waals surface area contributed by atoms with E-state index in [9.17, 15) is 9.59 Å². The standard InChI is InChI=1S/C19H15NO4S/c21-16-11-17-20(16)15(12-23-25-17)19(22)24-18(13-7-3-1-4-8-13)14-9-5-2-6-10-14/h1-10,12,17-18H,11H2/t17-/m1/s1. The van der Waals surface area contributed by atoms with Crippen molar-refractivity contribution in [1.29, 1.82) is 0 Å². The Labute approximate surface area is 149 Å². The predicted octanol–water partition coefficient (Wildman–Crippen LogP) is 3.40. The monoisotopic (exact) mass is 353 g/mol. The van der Waals surface area contributed by atoms with Crippen LogP contribution in [-0.4, -0.2) is 22.2 Å². The lowest BCUT2D eigenvalue weighted by molar-refractivity contribution is -0.152. The number of hydrogen-bond acceptors (Lipinski definition) is 5. The highest BCUT2D eigenvalue weighted by Crippen LogP contribution is 2.39. The van der Waals surface area contributed by atoms with Crippen molar-refractivity contribution in [3.8, 4) is 0 Å². The van der Waals surface area contributed by atoms with E-state index in [1.807, 2.05) is 60.7 Å². The minimum absolute atomic E-state index is 0.0972. The second kappa shape index (κ2) is 6.64. The van der Waals surface area contributed by atoms with Crippen LogP contribution in [0.5, 0.6) is 0 Å². The molecule has 0 radical (unpaired) electrons. The van der Waals surface area contributed by atoms with Gasteiger partial charge in [0.05, 0.1) is 18.5 Å². The topological polar surface area (TPSA) is 55.8 Å². The van der Waals surface area contributed by atoms with Crippen LogP contribution >= 0.6 is 12.0 Å². The summed E-state index contributed by atoms with van der Waals surface area (Å²) in [6.07, 6.45) is 1.10. The fraction of sp³-hybridized carbons (Fsp3) is 0.158. The first-order chi connectivity index (χ1) is 12.2. The molecule has 4 rings (SSSR count). The third-order valence-electron chi connectivity index (χ3n) is 4.13. The van der Waals surface area contributed by atoms with Crippen LogP contribution in [0.2, 0.25) is 0 Å². The summed E-state index contributed by atoms with van der Waals surface area (Å²) in [6, 6.07) is 19.0. The second-order valence-electron chi connectivity index (χ2n) is 5.72. The number of β-lactam (4-membered cyclic amide) rings is 1. The molecule has 2 aliphatic heterocycles. The zero-order chi connectivity index (χ0) is 17.2. The molecular weight excluding hydrogens is 338 g/mol. The number of ether oxygens (including phenoxy) is 1. The Morgan fingerprint density at radius 3 is 2.24 bits per heavy atom. The van der Waals surface area contributed by atoms with Crippen molar-refractivity contribution in [1.82, 2.24) is 4.90 Å². The van der Waals surface area contributed by atoms with E-state index in [-0.39, 0.29) is 17.0 Å². The molecular formula is C19H15NO4S. The summed E-state index contributed by atoms with van der Waals surface area (Å²) in [6.45, 7) is 0. The summed E-state index contributed by atoms with van der Waals surface area (Å²) in [5.74, 6) is -0.670. The Morgan fingerprint density at radius 2 is 1.68 bits per heavy atom. The zero-order valence-corrected chi connectivity index (χ0v) is 14.0. The maximum Gasteiger partial charge on any atom is 0.359 e. The van der Waals surface area contributed by atoms with Gasteiger partial charge in [-0.2, -0.15) is 0 Å². The van der Waals surface area contributed by atoms with Crippen LogP contribution in [-0.2, 0) is 18.5 Å². The largest absolute Gasteiger partial charge is 0.448 e. The first-order valence-electron chi connectivity index (χ1n) is 7.89. The van der Waals surface area contributed by atoms with Crippen LogP contribution in [0.4, 0.5) is 0 Å². The van der Waals surface area contributed by atoms with Gasteiger partial charge in [-0.1, -0.05) is 60.7 Å². The molecule has 2 heterocycles. The van der Waals surface area contributed by atoms with Crippen molar-refractivity contribution in [3.63, 3.8) is 0 Å². The summed E-state index contributed by atoms with van der Waals surface area (Å²) in [5.41, 5.74) is 1.87. The molecule has 1 atom stereocenters. The van der Waals surface area contributed by atoms with Gasteiger partial charge in [-0.25, -0.2) is 4.79 Å². The normalized spacial score (nSPS) is 18.8. The summed E-state index contributed by atoms with van der Waals surface area (Å²) in [5, 5.41) is -0.146. The Hall–Kier alpha value is -2.73. The van der Waals surface area contributed by atoms with Crippen LogP contribution in [0.1, 0.15) is 23.7 Å². The Bertz CT molecular complexity index is 782. The number of hydrogen-bond donors (Lipinski definition) is 0. The first-order valence-corrected chi connectivity index (χ1v) is 8.70. The Morgan fingerprint density at radius 1 is 1.08 bits per heavy atom. The number of carbonyl (C=O) groups excluding carboxylic acids is 2. The molecule has 1 amide bonds. The molecule has 5 nitrogen and oxygen atoms in total. The molecule has 25 heavy (non-hydrogen) atoms. The highest BCUT2D eigenvalue weighted by Gasteiger charge is 2.45. The van der Waals surface area contributed by atoms with Gasteiger partial charge >= 0.3 is 5.97 Å². The van der Waals surface area contributed by atoms with Crippen molar-refractivity contribution in [2.75, 3.05) is 0 Å². The maximum atomic E-state index is 12.7. The SMILES string of the molecule is O=C(OC(c1ccccc1)c1ccccc1)C1=COS[C@@H]2CC(=O)N12. The van der Waals surface area contributed by atoms with Gasteiger partial charge < -0.3 is 8.92 Å². The van der Waals surface area contributed by atoms with Crippen LogP contribution in [0.15, 0.2) is 72.6 Å². The van der Waals surface area contributed by atoms with Gasteiger partial charge in [0, 0.05) is 0 Å². The number of rotatable bonds is 4. The maximum absolute atomic E-state index is 12.7. The molecule has 0 saturated carbocycles. The number of fused-ring (bicyclic) bond motifs is 1. The quantitative estimate of drug-likeness (QED) is 0.479. The average Bonchev–Trinajstić information content (AvgIpc) is 2.66. The van der Waals surface area contributed by atoms with Gasteiger partial charge in [0.2, 0.25) is 5.91 Å². The van der Waals surface area contributed by atoms with Gasteiger partial charge in [0.25, 0.3) is 0 Å². The minimum atomic E-state index is -0.573. The fourth-order valence-corrected chi connectivity index (χ4v) is 3.65. The summed E-state index contributed by atoms with van der Waals surface area (Å²) >= 11 is 1.17. The molecule has 0 aliphatic carbocycles. The van der Waals surface area contributed by atoms with E-state index >= 15 is 0 Å². The second-order valence-corrected chi connectivity index (χ2v) is 6.65. The van der Waals surface area contributed by atoms with E-state index in [4.69, 9.17) is 8.92 Å². The van der Waals surface area contributed by atoms with Gasteiger partial charge in [0.15, 0.2) is 11.8 Å². The van der Waals surface area contributed by atoms with Crippen LogP contribution in [0, 0.1) is 0 Å². The average molecular weight is 353 g/mol. The predicted molar refractivity (Wildman–Crippen MR) is 92.8 cm³/mol. The van der Waals surface area contributed by atoms with E-state index in [1.165, 1.54) is 23.2 Å². The minimum Gasteiger partial charge on any atom is -0.448 e. The van der Waals surface area contributed by atoms with Crippen LogP contribution < -0.4 is 0 Å². The molecule has 2 aromatic rings. The van der Waals surface area contributed by atoms with Gasteiger partial charge in [-0.15, -0.1) is 0 Å². The number of carbonyl (C=O) groups is 2. The number of benzene rings is 2. The lowest BCUT2D eigenvalue weighted by Gasteiger charge is -2.41. The molecule has 0 N–H and O–H groups in total. The number of esters is 1. The van der Waals surface area contributed by atoms with E-state index in [0.717, 1.165) is 11.1 Å². The van der Waals surface area contributed by atoms with E-state index in [0.29, 0.717) is 6.42 Å². The molecule has 0 aromatic heterocycles. The van der Waals surface area contributed by atoms with E-state index in [2.05, 4.69) is 0 Å². The molecule has 2 aromatic carbocycles. The van der Waals surface area contributed by atoms with Crippen molar-refractivity contribution in [2.24, 2.45) is 0 Å². The Balaban J connectivity index is 1.62. The van der Waals surface area contributed by atoms with E-state index < -0.39 is 12.1 Å². The zero-order valence-electron chi connectivity index (χ0n) is 13.2. The van der Waals surface area contributed by atoms with Crippen LogP contribution in [0.3, 0.4) is 0 Å². The Kier molecular flexibility index (Phi) is 4.19. The lowest BCUT2D eigenvalue weighted by atomic mass is 10.0. The number of amides is 1. The molecule has 0 bridgehead atoms. The summed E-state index contributed by atoms with van der Waals surface area (Å²) in [4.78, 5) is 26.0. The molecule has 1 saturated heterocycles. The molecule has 0 spiro atoms. The van der Waals surface area contributed by atoms with Crippen molar-refractivity contribution in [2.45, 2.75) is 17.9 Å². The summed E-state index contributed by atoms with van der Waals surface area (Å²) in [7, 11) is 0. The highest BCUT2D eigenvalue weighted by molar-refractivity contribution is 7.95. The fourth-order valence-electron chi connectivity index (χ4n) is 2.85. The third kappa shape index (κ3) is 3.00. The van der Waals surface area contributed by atoms with Crippen LogP contribution in [0.25, 0.3) is 0 Å². The molecule has 2 aliphatic rings. The van der Waals surface area contributed by atoms with Gasteiger partial charge in [0.1, 0.15) is 11.6 Å². The molecule has 126 valence electrons.